The molecule has 1 aliphatic carbocycles. The number of rotatable bonds is 5. The molecule has 0 radical (unpaired) electrons. The third-order valence-electron chi connectivity index (χ3n) is 5.61. The minimum Gasteiger partial charge on any atom is -0.326 e. The lowest BCUT2D eigenvalue weighted by Crippen LogP contribution is -2.49. The second kappa shape index (κ2) is 8.19. The molecule has 1 N–H and O–H groups in total. The van der Waals surface area contributed by atoms with E-state index in [2.05, 4.69) is 5.32 Å². The van der Waals surface area contributed by atoms with Crippen molar-refractivity contribution in [3.63, 3.8) is 0 Å². The number of carbonyl (C=O) groups excluding carboxylic acids is 2. The van der Waals surface area contributed by atoms with E-state index < -0.39 is 11.6 Å². The van der Waals surface area contributed by atoms with Crippen LogP contribution in [0.4, 0.5) is 25.0 Å². The van der Waals surface area contributed by atoms with Gasteiger partial charge in [-0.05, 0) is 49.6 Å². The van der Waals surface area contributed by atoms with Crippen molar-refractivity contribution in [2.75, 3.05) is 23.3 Å². The lowest BCUT2D eigenvalue weighted by Gasteiger charge is -2.35. The highest BCUT2D eigenvalue weighted by Crippen LogP contribution is 2.28. The molecule has 1 heterocycles. The maximum absolute atomic E-state index is 14.0. The number of nitrogens with one attached hydrogen (secondary N) is 1. The van der Waals surface area contributed by atoms with Crippen LogP contribution in [0.15, 0.2) is 42.5 Å². The van der Waals surface area contributed by atoms with Crippen LogP contribution in [0.3, 0.4) is 0 Å². The molecular weight excluding hydrogens is 376 g/mol. The predicted molar refractivity (Wildman–Crippen MR) is 107 cm³/mol. The van der Waals surface area contributed by atoms with Crippen LogP contribution in [0.2, 0.25) is 0 Å². The summed E-state index contributed by atoms with van der Waals surface area (Å²) >= 11 is 0. The zero-order chi connectivity index (χ0) is 20.4. The van der Waals surface area contributed by atoms with Crippen LogP contribution in [-0.2, 0) is 11.3 Å². The molecule has 0 bridgehead atoms. The van der Waals surface area contributed by atoms with E-state index in [0.717, 1.165) is 37.4 Å². The van der Waals surface area contributed by atoms with Crippen molar-refractivity contribution in [1.29, 1.82) is 0 Å². The number of carbonyl (C=O) groups is 2. The van der Waals surface area contributed by atoms with Gasteiger partial charge in [-0.25, -0.2) is 13.6 Å². The van der Waals surface area contributed by atoms with E-state index in [1.807, 2.05) is 0 Å². The summed E-state index contributed by atoms with van der Waals surface area (Å²) in [5.41, 5.74) is 1.72. The van der Waals surface area contributed by atoms with E-state index in [4.69, 9.17) is 0 Å². The highest BCUT2D eigenvalue weighted by atomic mass is 19.1. The van der Waals surface area contributed by atoms with Crippen molar-refractivity contribution >= 4 is 23.3 Å². The normalized spacial score (nSPS) is 17.2. The quantitative estimate of drug-likeness (QED) is 0.803. The third kappa shape index (κ3) is 4.23. The molecular formula is C22H23F2N3O2. The fraction of sp³-hybridized carbons (Fsp3) is 0.364. The second-order valence-electron chi connectivity index (χ2n) is 7.61. The lowest BCUT2D eigenvalue weighted by atomic mass is 9.85. The maximum Gasteiger partial charge on any atom is 0.324 e. The SMILES string of the molecule is O=C(Nc1ccc(N2CCCN(Cc3ccc(F)cc3F)C2=O)cc1)C1CCC1. The van der Waals surface area contributed by atoms with Crippen LogP contribution < -0.4 is 10.2 Å². The predicted octanol–water partition coefficient (Wildman–Crippen LogP) is 4.54. The van der Waals surface area contributed by atoms with Gasteiger partial charge in [0.05, 0.1) is 6.54 Å². The van der Waals surface area contributed by atoms with E-state index in [1.54, 1.807) is 34.1 Å². The van der Waals surface area contributed by atoms with Gasteiger partial charge in [-0.1, -0.05) is 12.5 Å². The van der Waals surface area contributed by atoms with Crippen LogP contribution >= 0.6 is 0 Å². The van der Waals surface area contributed by atoms with E-state index in [9.17, 15) is 18.4 Å². The maximum atomic E-state index is 14.0. The Labute approximate surface area is 168 Å². The lowest BCUT2D eigenvalue weighted by molar-refractivity contribution is -0.122. The Balaban J connectivity index is 1.42. The Bertz CT molecular complexity index is 913. The van der Waals surface area contributed by atoms with Gasteiger partial charge in [0.25, 0.3) is 0 Å². The molecule has 1 saturated carbocycles. The van der Waals surface area contributed by atoms with E-state index >= 15 is 0 Å². The highest BCUT2D eigenvalue weighted by molar-refractivity contribution is 5.95. The van der Waals surface area contributed by atoms with Gasteiger partial charge in [-0.3, -0.25) is 9.69 Å². The first-order chi connectivity index (χ1) is 14.0. The molecule has 152 valence electrons. The molecule has 2 aliphatic rings. The van der Waals surface area contributed by atoms with Gasteiger partial charge in [-0.15, -0.1) is 0 Å². The number of amides is 3. The first-order valence-electron chi connectivity index (χ1n) is 9.92. The van der Waals surface area contributed by atoms with Gasteiger partial charge in [-0.2, -0.15) is 0 Å². The highest BCUT2D eigenvalue weighted by Gasteiger charge is 2.28. The number of hydrogen-bond acceptors (Lipinski definition) is 2. The van der Waals surface area contributed by atoms with Crippen molar-refractivity contribution in [3.8, 4) is 0 Å². The fourth-order valence-corrected chi connectivity index (χ4v) is 3.66. The van der Waals surface area contributed by atoms with Gasteiger partial charge >= 0.3 is 6.03 Å². The zero-order valence-corrected chi connectivity index (χ0v) is 16.0. The number of benzene rings is 2. The molecule has 3 amide bonds. The third-order valence-corrected chi connectivity index (χ3v) is 5.61. The van der Waals surface area contributed by atoms with Crippen LogP contribution in [0.25, 0.3) is 0 Å². The monoisotopic (exact) mass is 399 g/mol. The Morgan fingerprint density at radius 3 is 2.45 bits per heavy atom. The van der Waals surface area contributed by atoms with Crippen molar-refractivity contribution in [3.05, 3.63) is 59.7 Å². The van der Waals surface area contributed by atoms with Gasteiger partial charge in [0.2, 0.25) is 5.91 Å². The summed E-state index contributed by atoms with van der Waals surface area (Å²) in [5.74, 6) is -1.13. The number of anilines is 2. The molecule has 2 aromatic rings. The molecule has 1 saturated heterocycles. The molecule has 4 rings (SSSR count). The molecule has 2 fully saturated rings. The Kier molecular flexibility index (Phi) is 5.47. The second-order valence-corrected chi connectivity index (χ2v) is 7.61. The fourth-order valence-electron chi connectivity index (χ4n) is 3.66. The molecule has 29 heavy (non-hydrogen) atoms. The first kappa shape index (κ1) is 19.4. The minimum atomic E-state index is -0.651. The molecule has 2 aromatic carbocycles. The molecule has 0 aromatic heterocycles. The molecule has 5 nitrogen and oxygen atoms in total. The topological polar surface area (TPSA) is 52.7 Å². The van der Waals surface area contributed by atoms with E-state index in [1.165, 1.54) is 12.1 Å². The molecule has 1 aliphatic heterocycles. The van der Waals surface area contributed by atoms with Gasteiger partial charge in [0.1, 0.15) is 11.6 Å². The summed E-state index contributed by atoms with van der Waals surface area (Å²) in [6.07, 6.45) is 3.73. The molecule has 0 spiro atoms. The van der Waals surface area contributed by atoms with Crippen LogP contribution in [-0.4, -0.2) is 29.9 Å². The van der Waals surface area contributed by atoms with E-state index in [0.29, 0.717) is 18.8 Å². The summed E-state index contributed by atoms with van der Waals surface area (Å²) in [4.78, 5) is 28.2. The van der Waals surface area contributed by atoms with Gasteiger partial charge in [0, 0.05) is 42.0 Å². The minimum absolute atomic E-state index is 0.0468. The number of urea groups is 1. The Hall–Kier alpha value is -2.96. The number of halogens is 2. The van der Waals surface area contributed by atoms with Gasteiger partial charge in [0.15, 0.2) is 0 Å². The summed E-state index contributed by atoms with van der Waals surface area (Å²) in [6, 6.07) is 10.4. The summed E-state index contributed by atoms with van der Waals surface area (Å²) in [5, 5.41) is 2.91. The van der Waals surface area contributed by atoms with E-state index in [-0.39, 0.29) is 30.0 Å². The van der Waals surface area contributed by atoms with Crippen molar-refractivity contribution < 1.29 is 18.4 Å². The van der Waals surface area contributed by atoms with Gasteiger partial charge < -0.3 is 10.2 Å². The number of hydrogen-bond donors (Lipinski definition) is 1. The average molecular weight is 399 g/mol. The average Bonchev–Trinajstić information content (AvgIpc) is 2.65. The summed E-state index contributed by atoms with van der Waals surface area (Å²) in [7, 11) is 0. The first-order valence-corrected chi connectivity index (χ1v) is 9.92. The standard InChI is InChI=1S/C22H23F2N3O2/c23-17-6-5-16(20(24)13-17)14-26-11-2-12-27(22(26)29)19-9-7-18(8-10-19)25-21(28)15-3-1-4-15/h5-10,13,15H,1-4,11-12,14H2,(H,25,28). The largest absolute Gasteiger partial charge is 0.326 e. The molecule has 0 unspecified atom stereocenters. The summed E-state index contributed by atoms with van der Waals surface area (Å²) < 4.78 is 27.1. The van der Waals surface area contributed by atoms with Crippen molar-refractivity contribution in [2.24, 2.45) is 5.92 Å². The Morgan fingerprint density at radius 2 is 1.79 bits per heavy atom. The number of nitrogens with zero attached hydrogens (tertiary/aromatic N) is 2. The smallest absolute Gasteiger partial charge is 0.324 e. The van der Waals surface area contributed by atoms with Crippen molar-refractivity contribution in [1.82, 2.24) is 4.90 Å². The van der Waals surface area contributed by atoms with Crippen molar-refractivity contribution in [2.45, 2.75) is 32.2 Å². The molecule has 7 heteroatoms. The Morgan fingerprint density at radius 1 is 1.03 bits per heavy atom. The summed E-state index contributed by atoms with van der Waals surface area (Å²) in [6.45, 7) is 1.17. The van der Waals surface area contributed by atoms with Crippen LogP contribution in [0.1, 0.15) is 31.2 Å². The molecule has 0 atom stereocenters. The zero-order valence-electron chi connectivity index (χ0n) is 16.0. The van der Waals surface area contributed by atoms with Crippen LogP contribution in [0.5, 0.6) is 0 Å². The van der Waals surface area contributed by atoms with Crippen LogP contribution in [0, 0.1) is 17.6 Å².